The second kappa shape index (κ2) is 8.08. The fourth-order valence-electron chi connectivity index (χ4n) is 1.47. The molecule has 1 unspecified atom stereocenters. The van der Waals surface area contributed by atoms with Crippen molar-refractivity contribution in [3.63, 3.8) is 0 Å². The van der Waals surface area contributed by atoms with Gasteiger partial charge in [-0.2, -0.15) is 0 Å². The zero-order chi connectivity index (χ0) is 12.7. The zero-order valence-corrected chi connectivity index (χ0v) is 12.6. The smallest absolute Gasteiger partial charge is 0.110 e. The van der Waals surface area contributed by atoms with Crippen molar-refractivity contribution in [3.05, 3.63) is 22.8 Å². The third kappa shape index (κ3) is 5.86. The molecule has 2 N–H and O–H groups in total. The molecule has 96 valence electrons. The van der Waals surface area contributed by atoms with Crippen molar-refractivity contribution in [2.24, 2.45) is 0 Å². The van der Waals surface area contributed by atoms with Crippen LogP contribution in [-0.2, 0) is 0 Å². The van der Waals surface area contributed by atoms with Crippen molar-refractivity contribution in [2.45, 2.75) is 37.4 Å². The molecule has 0 saturated carbocycles. The highest BCUT2D eigenvalue weighted by Crippen LogP contribution is 2.25. The first-order chi connectivity index (χ1) is 8.13. The third-order valence-corrected chi connectivity index (χ3v) is 4.16. The summed E-state index contributed by atoms with van der Waals surface area (Å²) in [7, 11) is 0. The molecule has 0 radical (unpaired) electrons. The first kappa shape index (κ1) is 15.0. The third-order valence-electron chi connectivity index (χ3n) is 2.22. The maximum absolute atomic E-state index is 9.23. The summed E-state index contributed by atoms with van der Waals surface area (Å²) >= 11 is 5.18. The minimum atomic E-state index is 0.171. The fraction of sp³-hybridized carbons (Fsp3) is 0.583. The number of pyridine rings is 1. The van der Waals surface area contributed by atoms with Gasteiger partial charge in [0.05, 0.1) is 6.61 Å². The molecule has 3 nitrogen and oxygen atoms in total. The number of aliphatic hydroxyl groups excluding tert-OH is 1. The predicted molar refractivity (Wildman–Crippen MR) is 76.4 cm³/mol. The summed E-state index contributed by atoms with van der Waals surface area (Å²) in [5.74, 6) is 0.945. The van der Waals surface area contributed by atoms with Gasteiger partial charge < -0.3 is 10.4 Å². The van der Waals surface area contributed by atoms with E-state index in [9.17, 15) is 5.11 Å². The molecular formula is C12H19BrN2OS. The van der Waals surface area contributed by atoms with Crippen LogP contribution in [-0.4, -0.2) is 34.5 Å². The standard InChI is InChI=1S/C12H19BrN2OS/c1-9(2)15-10(8-16)5-7-17-12-11(13)4-3-6-14-12/h3-4,6,9-10,15-16H,5,7-8H2,1-2H3. The fourth-order valence-corrected chi connectivity index (χ4v) is 3.01. The predicted octanol–water partition coefficient (Wildman–Crippen LogP) is 2.69. The Kier molecular flexibility index (Phi) is 7.11. The lowest BCUT2D eigenvalue weighted by atomic mass is 10.2. The Balaban J connectivity index is 2.34. The van der Waals surface area contributed by atoms with Crippen LogP contribution in [0.25, 0.3) is 0 Å². The minimum Gasteiger partial charge on any atom is -0.395 e. The van der Waals surface area contributed by atoms with Gasteiger partial charge in [-0.1, -0.05) is 13.8 Å². The van der Waals surface area contributed by atoms with Crippen LogP contribution in [0.5, 0.6) is 0 Å². The second-order valence-electron chi connectivity index (χ2n) is 4.13. The molecule has 1 heterocycles. The van der Waals surface area contributed by atoms with Gasteiger partial charge in [0.1, 0.15) is 5.03 Å². The maximum Gasteiger partial charge on any atom is 0.110 e. The highest BCUT2D eigenvalue weighted by molar-refractivity contribution is 9.10. The summed E-state index contributed by atoms with van der Waals surface area (Å²) in [4.78, 5) is 4.30. The molecule has 5 heteroatoms. The van der Waals surface area contributed by atoms with Gasteiger partial charge in [-0.05, 0) is 34.5 Å². The van der Waals surface area contributed by atoms with Crippen molar-refractivity contribution in [2.75, 3.05) is 12.4 Å². The molecule has 0 amide bonds. The first-order valence-electron chi connectivity index (χ1n) is 5.73. The molecule has 0 saturated heterocycles. The lowest BCUT2D eigenvalue weighted by molar-refractivity contribution is 0.232. The molecular weight excluding hydrogens is 300 g/mol. The highest BCUT2D eigenvalue weighted by Gasteiger charge is 2.09. The topological polar surface area (TPSA) is 45.1 Å². The van der Waals surface area contributed by atoms with Crippen molar-refractivity contribution >= 4 is 27.7 Å². The van der Waals surface area contributed by atoms with Crippen LogP contribution in [0.15, 0.2) is 27.8 Å². The van der Waals surface area contributed by atoms with Gasteiger partial charge in [0.25, 0.3) is 0 Å². The zero-order valence-electron chi connectivity index (χ0n) is 10.2. The summed E-state index contributed by atoms with van der Waals surface area (Å²) in [5, 5.41) is 13.6. The molecule has 0 aromatic carbocycles. The van der Waals surface area contributed by atoms with E-state index in [1.807, 2.05) is 12.1 Å². The van der Waals surface area contributed by atoms with E-state index in [0.717, 1.165) is 21.7 Å². The molecule has 1 rings (SSSR count). The lowest BCUT2D eigenvalue weighted by Gasteiger charge is -2.18. The van der Waals surface area contributed by atoms with Crippen LogP contribution in [0.2, 0.25) is 0 Å². The number of aliphatic hydroxyl groups is 1. The van der Waals surface area contributed by atoms with Crippen LogP contribution in [0, 0.1) is 0 Å². The molecule has 17 heavy (non-hydrogen) atoms. The van der Waals surface area contributed by atoms with Crippen molar-refractivity contribution in [1.29, 1.82) is 0 Å². The SMILES string of the molecule is CC(C)NC(CO)CCSc1ncccc1Br. The number of nitrogens with one attached hydrogen (secondary N) is 1. The number of nitrogens with zero attached hydrogens (tertiary/aromatic N) is 1. The molecule has 0 bridgehead atoms. The summed E-state index contributed by atoms with van der Waals surface area (Å²) in [5.41, 5.74) is 0. The number of hydrogen-bond acceptors (Lipinski definition) is 4. The van der Waals surface area contributed by atoms with E-state index in [-0.39, 0.29) is 12.6 Å². The van der Waals surface area contributed by atoms with Crippen LogP contribution >= 0.6 is 27.7 Å². The van der Waals surface area contributed by atoms with E-state index in [4.69, 9.17) is 0 Å². The summed E-state index contributed by atoms with van der Waals surface area (Å²) in [6.45, 7) is 4.36. The molecule has 0 fully saturated rings. The van der Waals surface area contributed by atoms with Crippen LogP contribution in [0.4, 0.5) is 0 Å². The van der Waals surface area contributed by atoms with Crippen molar-refractivity contribution in [1.82, 2.24) is 10.3 Å². The van der Waals surface area contributed by atoms with E-state index < -0.39 is 0 Å². The minimum absolute atomic E-state index is 0.171. The Bertz CT molecular complexity index is 336. The number of hydrogen-bond donors (Lipinski definition) is 2. The molecule has 1 atom stereocenters. The van der Waals surface area contributed by atoms with Crippen LogP contribution < -0.4 is 5.32 Å². The number of rotatable bonds is 7. The number of halogens is 1. The monoisotopic (exact) mass is 318 g/mol. The summed E-state index contributed by atoms with van der Waals surface area (Å²) < 4.78 is 1.03. The van der Waals surface area contributed by atoms with Gasteiger partial charge in [0.2, 0.25) is 0 Å². The number of thioether (sulfide) groups is 1. The van der Waals surface area contributed by atoms with E-state index >= 15 is 0 Å². The van der Waals surface area contributed by atoms with E-state index in [1.54, 1.807) is 18.0 Å². The van der Waals surface area contributed by atoms with Gasteiger partial charge in [0, 0.05) is 28.5 Å². The van der Waals surface area contributed by atoms with Gasteiger partial charge in [0.15, 0.2) is 0 Å². The van der Waals surface area contributed by atoms with Crippen molar-refractivity contribution < 1.29 is 5.11 Å². The average Bonchev–Trinajstić information content (AvgIpc) is 2.29. The Morgan fingerprint density at radius 2 is 2.29 bits per heavy atom. The van der Waals surface area contributed by atoms with E-state index in [2.05, 4.69) is 40.1 Å². The Labute approximate surface area is 116 Å². The largest absolute Gasteiger partial charge is 0.395 e. The quantitative estimate of drug-likeness (QED) is 0.759. The molecule has 0 spiro atoms. The average molecular weight is 319 g/mol. The van der Waals surface area contributed by atoms with Crippen molar-refractivity contribution in [3.8, 4) is 0 Å². The Morgan fingerprint density at radius 3 is 2.88 bits per heavy atom. The second-order valence-corrected chi connectivity index (χ2v) is 6.07. The van der Waals surface area contributed by atoms with Gasteiger partial charge >= 0.3 is 0 Å². The molecule has 1 aromatic heterocycles. The van der Waals surface area contributed by atoms with E-state index in [1.165, 1.54) is 0 Å². The highest BCUT2D eigenvalue weighted by atomic mass is 79.9. The number of aromatic nitrogens is 1. The normalized spacial score (nSPS) is 13.0. The Hall–Kier alpha value is -0.100. The van der Waals surface area contributed by atoms with Gasteiger partial charge in [-0.25, -0.2) is 4.98 Å². The van der Waals surface area contributed by atoms with Crippen LogP contribution in [0.1, 0.15) is 20.3 Å². The van der Waals surface area contributed by atoms with Gasteiger partial charge in [-0.15, -0.1) is 11.8 Å². The molecule has 0 aliphatic rings. The first-order valence-corrected chi connectivity index (χ1v) is 7.51. The van der Waals surface area contributed by atoms with E-state index in [0.29, 0.717) is 6.04 Å². The van der Waals surface area contributed by atoms with Gasteiger partial charge in [-0.3, -0.25) is 0 Å². The summed E-state index contributed by atoms with van der Waals surface area (Å²) in [6.07, 6.45) is 2.73. The molecule has 0 aliphatic heterocycles. The van der Waals surface area contributed by atoms with Crippen LogP contribution in [0.3, 0.4) is 0 Å². The molecule has 0 aliphatic carbocycles. The Morgan fingerprint density at radius 1 is 1.53 bits per heavy atom. The molecule has 1 aromatic rings. The lowest BCUT2D eigenvalue weighted by Crippen LogP contribution is -2.37. The summed E-state index contributed by atoms with van der Waals surface area (Å²) in [6, 6.07) is 4.47. The maximum atomic E-state index is 9.23.